The fourth-order valence-electron chi connectivity index (χ4n) is 1.38. The summed E-state index contributed by atoms with van der Waals surface area (Å²) >= 11 is 0. The molecule has 0 saturated heterocycles. The number of anilines is 2. The average Bonchev–Trinajstić information content (AvgIpc) is 2.29. The van der Waals surface area contributed by atoms with Crippen molar-refractivity contribution >= 4 is 17.3 Å². The molecule has 1 rings (SSSR count). The smallest absolute Gasteiger partial charge is 0.337 e. The predicted molar refractivity (Wildman–Crippen MR) is 74.7 cm³/mol. The minimum absolute atomic E-state index is 0.105. The van der Waals surface area contributed by atoms with Crippen molar-refractivity contribution in [2.45, 2.75) is 33.7 Å². The van der Waals surface area contributed by atoms with Crippen LogP contribution in [0.25, 0.3) is 0 Å². The molecule has 0 heterocycles. The van der Waals surface area contributed by atoms with Crippen LogP contribution in [-0.2, 0) is 4.74 Å². The van der Waals surface area contributed by atoms with Gasteiger partial charge in [0.05, 0.1) is 24.0 Å². The summed E-state index contributed by atoms with van der Waals surface area (Å²) in [6.07, 6.45) is 0. The second-order valence-electron chi connectivity index (χ2n) is 5.53. The van der Waals surface area contributed by atoms with Crippen LogP contribution in [0.2, 0.25) is 0 Å². The molecule has 1 aromatic rings. The first-order chi connectivity index (χ1) is 8.25. The van der Waals surface area contributed by atoms with Gasteiger partial charge in [-0.25, -0.2) is 4.79 Å². The number of nitrogens with one attached hydrogen (secondary N) is 1. The fourth-order valence-corrected chi connectivity index (χ4v) is 1.38. The molecule has 0 fully saturated rings. The minimum Gasteiger partial charge on any atom is -0.465 e. The second-order valence-corrected chi connectivity index (χ2v) is 5.53. The SMILES string of the molecule is COC(=O)c1ccc(N)c(NC(C)C(C)(C)C)c1. The van der Waals surface area contributed by atoms with Crippen LogP contribution in [0.4, 0.5) is 11.4 Å². The number of methoxy groups -OCH3 is 1. The molecule has 0 spiro atoms. The molecule has 3 N–H and O–H groups in total. The summed E-state index contributed by atoms with van der Waals surface area (Å²) in [5.41, 5.74) is 7.90. The maximum atomic E-state index is 11.5. The van der Waals surface area contributed by atoms with Crippen molar-refractivity contribution in [3.05, 3.63) is 23.8 Å². The van der Waals surface area contributed by atoms with E-state index in [2.05, 4.69) is 33.0 Å². The van der Waals surface area contributed by atoms with E-state index >= 15 is 0 Å². The molecular weight excluding hydrogens is 228 g/mol. The minimum atomic E-state index is -0.360. The topological polar surface area (TPSA) is 64.3 Å². The number of ether oxygens (including phenoxy) is 1. The number of nitrogen functional groups attached to an aromatic ring is 1. The van der Waals surface area contributed by atoms with E-state index < -0.39 is 0 Å². The summed E-state index contributed by atoms with van der Waals surface area (Å²) in [5, 5.41) is 3.34. The molecule has 0 aromatic heterocycles. The fraction of sp³-hybridized carbons (Fsp3) is 0.500. The first-order valence-electron chi connectivity index (χ1n) is 6.00. The van der Waals surface area contributed by atoms with Crippen LogP contribution in [-0.4, -0.2) is 19.1 Å². The third-order valence-corrected chi connectivity index (χ3v) is 3.15. The molecule has 18 heavy (non-hydrogen) atoms. The van der Waals surface area contributed by atoms with Crippen LogP contribution in [0.3, 0.4) is 0 Å². The van der Waals surface area contributed by atoms with E-state index in [1.807, 2.05) is 0 Å². The van der Waals surface area contributed by atoms with Crippen LogP contribution in [0.15, 0.2) is 18.2 Å². The van der Waals surface area contributed by atoms with Gasteiger partial charge in [0.1, 0.15) is 0 Å². The molecule has 4 heteroatoms. The molecule has 4 nitrogen and oxygen atoms in total. The molecule has 0 aliphatic rings. The van der Waals surface area contributed by atoms with Gasteiger partial charge >= 0.3 is 5.97 Å². The Kier molecular flexibility index (Phi) is 4.22. The molecule has 1 aromatic carbocycles. The lowest BCUT2D eigenvalue weighted by Gasteiger charge is -2.29. The summed E-state index contributed by atoms with van der Waals surface area (Å²) in [5.74, 6) is -0.360. The summed E-state index contributed by atoms with van der Waals surface area (Å²) in [4.78, 5) is 11.5. The van der Waals surface area contributed by atoms with Gasteiger partial charge in [0.25, 0.3) is 0 Å². The number of esters is 1. The van der Waals surface area contributed by atoms with Crippen molar-refractivity contribution in [3.8, 4) is 0 Å². The van der Waals surface area contributed by atoms with Crippen molar-refractivity contribution in [2.75, 3.05) is 18.2 Å². The lowest BCUT2D eigenvalue weighted by Crippen LogP contribution is -2.31. The van der Waals surface area contributed by atoms with Crippen LogP contribution >= 0.6 is 0 Å². The summed E-state index contributed by atoms with van der Waals surface area (Å²) in [6, 6.07) is 5.33. The van der Waals surface area contributed by atoms with E-state index in [1.54, 1.807) is 18.2 Å². The standard InChI is InChI=1S/C14H22N2O2/c1-9(14(2,3)4)16-12-8-10(13(17)18-5)6-7-11(12)15/h6-9,16H,15H2,1-5H3. The van der Waals surface area contributed by atoms with Crippen LogP contribution in [0, 0.1) is 5.41 Å². The largest absolute Gasteiger partial charge is 0.465 e. The highest BCUT2D eigenvalue weighted by molar-refractivity contribution is 5.92. The highest BCUT2D eigenvalue weighted by Crippen LogP contribution is 2.27. The van der Waals surface area contributed by atoms with Crippen LogP contribution in [0.5, 0.6) is 0 Å². The van der Waals surface area contributed by atoms with E-state index in [9.17, 15) is 4.79 Å². The van der Waals surface area contributed by atoms with E-state index in [0.717, 1.165) is 5.69 Å². The van der Waals surface area contributed by atoms with E-state index in [0.29, 0.717) is 11.3 Å². The van der Waals surface area contributed by atoms with E-state index in [-0.39, 0.29) is 17.4 Å². The van der Waals surface area contributed by atoms with Crippen molar-refractivity contribution < 1.29 is 9.53 Å². The van der Waals surface area contributed by atoms with E-state index in [1.165, 1.54) is 7.11 Å². The Morgan fingerprint density at radius 1 is 1.39 bits per heavy atom. The van der Waals surface area contributed by atoms with Crippen LogP contribution < -0.4 is 11.1 Å². The molecule has 1 atom stereocenters. The Balaban J connectivity index is 2.98. The van der Waals surface area contributed by atoms with Gasteiger partial charge in [-0.3, -0.25) is 0 Å². The highest BCUT2D eigenvalue weighted by Gasteiger charge is 2.20. The monoisotopic (exact) mass is 250 g/mol. The number of benzene rings is 1. The number of hydrogen-bond donors (Lipinski definition) is 2. The molecule has 1 unspecified atom stereocenters. The summed E-state index contributed by atoms with van der Waals surface area (Å²) < 4.78 is 4.70. The molecule has 100 valence electrons. The number of rotatable bonds is 3. The summed E-state index contributed by atoms with van der Waals surface area (Å²) in [7, 11) is 1.36. The maximum absolute atomic E-state index is 11.5. The quantitative estimate of drug-likeness (QED) is 0.639. The Hall–Kier alpha value is -1.71. The van der Waals surface area contributed by atoms with Crippen molar-refractivity contribution in [2.24, 2.45) is 5.41 Å². The van der Waals surface area contributed by atoms with Gasteiger partial charge < -0.3 is 15.8 Å². The molecule has 0 radical (unpaired) electrons. The van der Waals surface area contributed by atoms with E-state index in [4.69, 9.17) is 10.5 Å². The van der Waals surface area contributed by atoms with Gasteiger partial charge in [-0.15, -0.1) is 0 Å². The number of nitrogens with two attached hydrogens (primary N) is 1. The Bertz CT molecular complexity index is 436. The first-order valence-corrected chi connectivity index (χ1v) is 6.00. The lowest BCUT2D eigenvalue weighted by atomic mass is 9.88. The predicted octanol–water partition coefficient (Wildman–Crippen LogP) is 2.90. The van der Waals surface area contributed by atoms with Gasteiger partial charge in [-0.2, -0.15) is 0 Å². The Labute approximate surface area is 109 Å². The first kappa shape index (κ1) is 14.4. The zero-order valence-corrected chi connectivity index (χ0v) is 11.7. The molecule has 0 aliphatic carbocycles. The van der Waals surface area contributed by atoms with Gasteiger partial charge in [-0.1, -0.05) is 20.8 Å². The molecule has 0 amide bonds. The average molecular weight is 250 g/mol. The molecule has 0 aliphatic heterocycles. The molecule has 0 bridgehead atoms. The molecule has 0 saturated carbocycles. The lowest BCUT2D eigenvalue weighted by molar-refractivity contribution is 0.0601. The maximum Gasteiger partial charge on any atom is 0.337 e. The van der Waals surface area contributed by atoms with Gasteiger partial charge in [0, 0.05) is 6.04 Å². The zero-order chi connectivity index (χ0) is 13.9. The van der Waals surface area contributed by atoms with Crippen molar-refractivity contribution in [1.29, 1.82) is 0 Å². The van der Waals surface area contributed by atoms with Crippen LogP contribution in [0.1, 0.15) is 38.1 Å². The highest BCUT2D eigenvalue weighted by atomic mass is 16.5. The molecular formula is C14H22N2O2. The van der Waals surface area contributed by atoms with Crippen molar-refractivity contribution in [1.82, 2.24) is 0 Å². The third kappa shape index (κ3) is 3.39. The Morgan fingerprint density at radius 2 is 2.00 bits per heavy atom. The number of carbonyl (C=O) groups excluding carboxylic acids is 1. The normalized spacial score (nSPS) is 12.9. The zero-order valence-electron chi connectivity index (χ0n) is 11.7. The van der Waals surface area contributed by atoms with Gasteiger partial charge in [0.2, 0.25) is 0 Å². The number of hydrogen-bond acceptors (Lipinski definition) is 4. The van der Waals surface area contributed by atoms with Gasteiger partial charge in [0.15, 0.2) is 0 Å². The third-order valence-electron chi connectivity index (χ3n) is 3.15. The van der Waals surface area contributed by atoms with Crippen molar-refractivity contribution in [3.63, 3.8) is 0 Å². The second kappa shape index (κ2) is 5.29. The Morgan fingerprint density at radius 3 is 2.50 bits per heavy atom. The number of carbonyl (C=O) groups is 1. The summed E-state index contributed by atoms with van der Waals surface area (Å²) in [6.45, 7) is 8.52. The van der Waals surface area contributed by atoms with Gasteiger partial charge in [-0.05, 0) is 30.5 Å².